The van der Waals surface area contributed by atoms with Crippen molar-refractivity contribution < 1.29 is 14.0 Å². The minimum atomic E-state index is -0.625. The summed E-state index contributed by atoms with van der Waals surface area (Å²) in [6.07, 6.45) is 2.38. The number of nitrogens with one attached hydrogen (secondary N) is 2. The summed E-state index contributed by atoms with van der Waals surface area (Å²) in [4.78, 5) is 24.6. The van der Waals surface area contributed by atoms with Gasteiger partial charge in [-0.3, -0.25) is 9.59 Å². The average molecular weight is 328 g/mol. The molecule has 0 aliphatic rings. The lowest BCUT2D eigenvalue weighted by atomic mass is 9.97. The average Bonchev–Trinajstić information content (AvgIpc) is 3.05. The first-order valence-corrected chi connectivity index (χ1v) is 8.16. The van der Waals surface area contributed by atoms with Crippen LogP contribution in [-0.4, -0.2) is 17.9 Å². The lowest BCUT2D eigenvalue weighted by molar-refractivity contribution is -0.122. The van der Waals surface area contributed by atoms with Crippen LogP contribution >= 0.6 is 0 Å². The molecule has 0 radical (unpaired) electrons. The van der Waals surface area contributed by atoms with E-state index in [-0.39, 0.29) is 11.8 Å². The third-order valence-electron chi connectivity index (χ3n) is 3.65. The molecule has 24 heavy (non-hydrogen) atoms. The second kappa shape index (κ2) is 8.34. The molecule has 2 aromatic rings. The van der Waals surface area contributed by atoms with Crippen LogP contribution in [0, 0.1) is 5.92 Å². The topological polar surface area (TPSA) is 71.3 Å². The van der Waals surface area contributed by atoms with Gasteiger partial charge < -0.3 is 15.1 Å². The molecule has 0 unspecified atom stereocenters. The molecule has 2 amide bonds. The molecule has 2 rings (SSSR count). The van der Waals surface area contributed by atoms with Crippen LogP contribution in [0.1, 0.15) is 42.5 Å². The Hall–Kier alpha value is -2.56. The number of carbonyl (C=O) groups is 2. The molecule has 1 atom stereocenters. The molecular weight excluding hydrogens is 304 g/mol. The molecule has 1 aromatic carbocycles. The first kappa shape index (κ1) is 17.8. The van der Waals surface area contributed by atoms with Crippen molar-refractivity contribution in [3.8, 4) is 0 Å². The monoisotopic (exact) mass is 328 g/mol. The Kier molecular flexibility index (Phi) is 6.18. The highest BCUT2D eigenvalue weighted by Crippen LogP contribution is 2.14. The van der Waals surface area contributed by atoms with E-state index in [1.54, 1.807) is 31.4 Å². The van der Waals surface area contributed by atoms with Gasteiger partial charge in [-0.2, -0.15) is 0 Å². The Labute approximate surface area is 142 Å². The summed E-state index contributed by atoms with van der Waals surface area (Å²) >= 11 is 0. The van der Waals surface area contributed by atoms with Gasteiger partial charge in [0, 0.05) is 5.56 Å². The summed E-state index contributed by atoms with van der Waals surface area (Å²) in [6.45, 7) is 6.19. The Bertz CT molecular complexity index is 678. The van der Waals surface area contributed by atoms with Crippen LogP contribution in [0.3, 0.4) is 0 Å². The fourth-order valence-corrected chi connectivity index (χ4v) is 2.44. The summed E-state index contributed by atoms with van der Waals surface area (Å²) in [5, 5.41) is 5.50. The highest BCUT2D eigenvalue weighted by atomic mass is 16.3. The molecule has 2 N–H and O–H groups in total. The summed E-state index contributed by atoms with van der Waals surface area (Å²) in [7, 11) is 0. The second-order valence-corrected chi connectivity index (χ2v) is 6.25. The smallest absolute Gasteiger partial charge is 0.252 e. The van der Waals surface area contributed by atoms with E-state index in [1.807, 2.05) is 18.2 Å². The van der Waals surface area contributed by atoms with Crippen molar-refractivity contribution in [3.63, 3.8) is 0 Å². The number of hydrogen-bond acceptors (Lipinski definition) is 3. The number of benzene rings is 1. The lowest BCUT2D eigenvalue weighted by Crippen LogP contribution is -2.44. The molecule has 0 spiro atoms. The van der Waals surface area contributed by atoms with Gasteiger partial charge in [0.1, 0.15) is 11.8 Å². The predicted molar refractivity (Wildman–Crippen MR) is 92.5 cm³/mol. The Morgan fingerprint density at radius 3 is 2.50 bits per heavy atom. The first-order valence-electron chi connectivity index (χ1n) is 8.16. The Morgan fingerprint density at radius 1 is 1.08 bits per heavy atom. The summed E-state index contributed by atoms with van der Waals surface area (Å²) in [6, 6.07) is 10.4. The summed E-state index contributed by atoms with van der Waals surface area (Å²) in [5.74, 6) is 0.644. The third-order valence-corrected chi connectivity index (χ3v) is 3.65. The van der Waals surface area contributed by atoms with E-state index in [9.17, 15) is 9.59 Å². The zero-order chi connectivity index (χ0) is 17.5. The molecule has 128 valence electrons. The molecule has 0 bridgehead atoms. The van der Waals surface area contributed by atoms with Crippen molar-refractivity contribution in [2.24, 2.45) is 5.92 Å². The van der Waals surface area contributed by atoms with Gasteiger partial charge in [-0.25, -0.2) is 0 Å². The van der Waals surface area contributed by atoms with Crippen molar-refractivity contribution in [2.75, 3.05) is 0 Å². The highest BCUT2D eigenvalue weighted by molar-refractivity contribution is 5.98. The maximum absolute atomic E-state index is 12.5. The molecular formula is C19H24N2O3. The van der Waals surface area contributed by atoms with E-state index < -0.39 is 6.04 Å². The second-order valence-electron chi connectivity index (χ2n) is 6.25. The number of hydrogen-bond donors (Lipinski definition) is 2. The van der Waals surface area contributed by atoms with Crippen molar-refractivity contribution in [3.05, 3.63) is 59.5 Å². The normalized spacial score (nSPS) is 12.0. The number of carbonyl (C=O) groups excluding carboxylic acids is 2. The van der Waals surface area contributed by atoms with Gasteiger partial charge in [0.25, 0.3) is 5.91 Å². The fraction of sp³-hybridized carbons (Fsp3) is 0.368. The maximum atomic E-state index is 12.5. The van der Waals surface area contributed by atoms with Crippen molar-refractivity contribution in [1.29, 1.82) is 0 Å². The van der Waals surface area contributed by atoms with Gasteiger partial charge in [0.05, 0.1) is 12.8 Å². The number of furan rings is 1. The molecule has 0 saturated carbocycles. The van der Waals surface area contributed by atoms with E-state index in [1.165, 1.54) is 0 Å². The summed E-state index contributed by atoms with van der Waals surface area (Å²) < 4.78 is 5.16. The number of rotatable bonds is 7. The van der Waals surface area contributed by atoms with Crippen LogP contribution in [0.25, 0.3) is 0 Å². The van der Waals surface area contributed by atoms with E-state index in [4.69, 9.17) is 4.42 Å². The quantitative estimate of drug-likeness (QED) is 0.821. The molecule has 5 nitrogen and oxygen atoms in total. The molecule has 0 fully saturated rings. The van der Waals surface area contributed by atoms with Crippen LogP contribution in [-0.2, 0) is 17.8 Å². The minimum Gasteiger partial charge on any atom is -0.467 e. The molecule has 5 heteroatoms. The van der Waals surface area contributed by atoms with Crippen molar-refractivity contribution >= 4 is 11.8 Å². The molecule has 1 aromatic heterocycles. The molecule has 1 heterocycles. The lowest BCUT2D eigenvalue weighted by Gasteiger charge is -2.16. The Morgan fingerprint density at radius 2 is 1.83 bits per heavy atom. The highest BCUT2D eigenvalue weighted by Gasteiger charge is 2.18. The molecule has 0 saturated heterocycles. The van der Waals surface area contributed by atoms with Gasteiger partial charge in [-0.1, -0.05) is 32.0 Å². The van der Waals surface area contributed by atoms with Gasteiger partial charge in [0.2, 0.25) is 5.91 Å². The van der Waals surface area contributed by atoms with Gasteiger partial charge in [-0.05, 0) is 43.0 Å². The van der Waals surface area contributed by atoms with Gasteiger partial charge in [-0.15, -0.1) is 0 Å². The van der Waals surface area contributed by atoms with Gasteiger partial charge >= 0.3 is 0 Å². The van der Waals surface area contributed by atoms with E-state index >= 15 is 0 Å². The van der Waals surface area contributed by atoms with E-state index in [0.29, 0.717) is 23.8 Å². The summed E-state index contributed by atoms with van der Waals surface area (Å²) in [5.41, 5.74) is 1.62. The first-order chi connectivity index (χ1) is 11.5. The standard InChI is InChI=1S/C19H24N2O3/c1-13(2)11-15-7-4-5-9-17(15)19(23)21-14(3)18(22)20-12-16-8-6-10-24-16/h4-10,13-14H,11-12H2,1-3H3,(H,20,22)(H,21,23)/t14-/m0/s1. The van der Waals surface area contributed by atoms with Crippen LogP contribution in [0.2, 0.25) is 0 Å². The zero-order valence-corrected chi connectivity index (χ0v) is 14.3. The predicted octanol–water partition coefficient (Wildman–Crippen LogP) is 2.91. The van der Waals surface area contributed by atoms with Crippen LogP contribution in [0.5, 0.6) is 0 Å². The third kappa shape index (κ3) is 4.98. The van der Waals surface area contributed by atoms with Crippen LogP contribution < -0.4 is 10.6 Å². The largest absolute Gasteiger partial charge is 0.467 e. The van der Waals surface area contributed by atoms with Crippen LogP contribution in [0.15, 0.2) is 47.1 Å². The molecule has 0 aliphatic heterocycles. The van der Waals surface area contributed by atoms with E-state index in [2.05, 4.69) is 24.5 Å². The van der Waals surface area contributed by atoms with Gasteiger partial charge in [0.15, 0.2) is 0 Å². The SMILES string of the molecule is CC(C)Cc1ccccc1C(=O)N[C@@H](C)C(=O)NCc1ccco1. The fourth-order valence-electron chi connectivity index (χ4n) is 2.44. The van der Waals surface area contributed by atoms with E-state index in [0.717, 1.165) is 12.0 Å². The van der Waals surface area contributed by atoms with Crippen LogP contribution in [0.4, 0.5) is 0 Å². The Balaban J connectivity index is 1.94. The van der Waals surface area contributed by atoms with Crippen molar-refractivity contribution in [1.82, 2.24) is 10.6 Å². The molecule has 0 aliphatic carbocycles. The minimum absolute atomic E-state index is 0.230. The van der Waals surface area contributed by atoms with Crippen molar-refractivity contribution in [2.45, 2.75) is 39.8 Å². The maximum Gasteiger partial charge on any atom is 0.252 e. The zero-order valence-electron chi connectivity index (χ0n) is 14.3. The number of amides is 2.